The summed E-state index contributed by atoms with van der Waals surface area (Å²) in [6.45, 7) is 5.65. The number of hydrogen-bond donors (Lipinski definition) is 1. The molecule has 1 aromatic carbocycles. The van der Waals surface area contributed by atoms with E-state index in [0.717, 1.165) is 0 Å². The van der Waals surface area contributed by atoms with Gasteiger partial charge in [0, 0.05) is 0 Å². The number of methoxy groups -OCH3 is 1. The number of halogens is 1. The van der Waals surface area contributed by atoms with E-state index < -0.39 is 5.54 Å². The number of hydrazine groups is 1. The van der Waals surface area contributed by atoms with Gasteiger partial charge in [-0.15, -0.1) is 4.94 Å². The lowest BCUT2D eigenvalue weighted by atomic mass is 10.1. The molecule has 0 aliphatic rings. The number of hydrogen-bond acceptors (Lipinski definition) is 3. The number of para-hydroxylation sites is 1. The van der Waals surface area contributed by atoms with Crippen LogP contribution in [0.15, 0.2) is 24.3 Å². The van der Waals surface area contributed by atoms with Crippen LogP contribution >= 0.6 is 11.8 Å². The van der Waals surface area contributed by atoms with E-state index in [2.05, 4.69) is 4.94 Å². The van der Waals surface area contributed by atoms with Crippen molar-refractivity contribution < 1.29 is 9.53 Å². The lowest BCUT2D eigenvalue weighted by Gasteiger charge is -2.33. The zero-order valence-corrected chi connectivity index (χ0v) is 11.2. The van der Waals surface area contributed by atoms with E-state index in [9.17, 15) is 4.79 Å². The standard InChI is InChI=1S/C12H17ClN2O2/c1-12(2,3)15(14-13)11(16)9-7-5-6-8-10(9)17-4/h5-8,14H,1-4H3. The molecular weight excluding hydrogens is 240 g/mol. The molecule has 0 saturated heterocycles. The topological polar surface area (TPSA) is 41.6 Å². The third-order valence-electron chi connectivity index (χ3n) is 2.30. The van der Waals surface area contributed by atoms with E-state index in [1.165, 1.54) is 12.1 Å². The molecule has 0 bridgehead atoms. The summed E-state index contributed by atoms with van der Waals surface area (Å²) in [7, 11) is 1.53. The molecule has 4 nitrogen and oxygen atoms in total. The van der Waals surface area contributed by atoms with Gasteiger partial charge in [0.25, 0.3) is 5.91 Å². The zero-order chi connectivity index (χ0) is 13.1. The van der Waals surface area contributed by atoms with Gasteiger partial charge < -0.3 is 4.74 Å². The van der Waals surface area contributed by atoms with Crippen LogP contribution in [0.25, 0.3) is 0 Å². The minimum absolute atomic E-state index is 0.232. The summed E-state index contributed by atoms with van der Waals surface area (Å²) in [5.74, 6) is 0.295. The minimum atomic E-state index is -0.431. The summed E-state index contributed by atoms with van der Waals surface area (Å²) >= 11 is 5.61. The van der Waals surface area contributed by atoms with Crippen LogP contribution in [0.5, 0.6) is 5.75 Å². The Hall–Kier alpha value is -1.26. The van der Waals surface area contributed by atoms with Gasteiger partial charge in [0.15, 0.2) is 0 Å². The van der Waals surface area contributed by atoms with Crippen LogP contribution in [-0.2, 0) is 0 Å². The average Bonchev–Trinajstić information content (AvgIpc) is 2.27. The molecule has 0 saturated carbocycles. The summed E-state index contributed by atoms with van der Waals surface area (Å²) < 4.78 is 5.16. The molecule has 17 heavy (non-hydrogen) atoms. The molecule has 1 aromatic rings. The van der Waals surface area contributed by atoms with Crippen molar-refractivity contribution in [2.45, 2.75) is 26.3 Å². The molecule has 1 amide bonds. The largest absolute Gasteiger partial charge is 0.496 e. The normalized spacial score (nSPS) is 11.1. The van der Waals surface area contributed by atoms with Gasteiger partial charge in [0.05, 0.1) is 18.2 Å². The van der Waals surface area contributed by atoms with Gasteiger partial charge >= 0.3 is 0 Å². The van der Waals surface area contributed by atoms with E-state index in [0.29, 0.717) is 11.3 Å². The van der Waals surface area contributed by atoms with Gasteiger partial charge in [-0.2, -0.15) is 0 Å². The fraction of sp³-hybridized carbons (Fsp3) is 0.417. The van der Waals surface area contributed by atoms with Crippen LogP contribution in [0, 0.1) is 0 Å². The average molecular weight is 257 g/mol. The van der Waals surface area contributed by atoms with Crippen LogP contribution in [0.3, 0.4) is 0 Å². The molecule has 0 fully saturated rings. The molecule has 0 aliphatic carbocycles. The van der Waals surface area contributed by atoms with Crippen molar-refractivity contribution in [3.05, 3.63) is 29.8 Å². The van der Waals surface area contributed by atoms with Crippen molar-refractivity contribution in [1.29, 1.82) is 0 Å². The number of amides is 1. The second-order valence-electron chi connectivity index (χ2n) is 4.60. The third-order valence-corrected chi connectivity index (χ3v) is 2.46. The maximum absolute atomic E-state index is 12.3. The highest BCUT2D eigenvalue weighted by Crippen LogP contribution is 2.22. The Morgan fingerprint density at radius 3 is 2.41 bits per heavy atom. The molecular formula is C12H17ClN2O2. The molecule has 5 heteroatoms. The second-order valence-corrected chi connectivity index (χ2v) is 4.77. The molecule has 1 N–H and O–H groups in total. The van der Waals surface area contributed by atoms with Gasteiger partial charge in [-0.3, -0.25) is 9.80 Å². The summed E-state index contributed by atoms with van der Waals surface area (Å²) in [5.41, 5.74) is 0.0396. The molecule has 0 spiro atoms. The Kier molecular flexibility index (Phi) is 4.37. The van der Waals surface area contributed by atoms with Crippen LogP contribution in [0.2, 0.25) is 0 Å². The summed E-state index contributed by atoms with van der Waals surface area (Å²) in [6, 6.07) is 7.03. The van der Waals surface area contributed by atoms with Gasteiger partial charge in [-0.05, 0) is 44.7 Å². The first-order valence-corrected chi connectivity index (χ1v) is 5.63. The lowest BCUT2D eigenvalue weighted by molar-refractivity contribution is 0.0512. The van der Waals surface area contributed by atoms with Crippen LogP contribution in [0.4, 0.5) is 0 Å². The van der Waals surface area contributed by atoms with Gasteiger partial charge in [-0.25, -0.2) is 0 Å². The van der Waals surface area contributed by atoms with Crippen molar-refractivity contribution in [1.82, 2.24) is 9.95 Å². The highest BCUT2D eigenvalue weighted by molar-refractivity contribution is 6.14. The SMILES string of the molecule is COc1ccccc1C(=O)N(NCl)C(C)(C)C. The quantitative estimate of drug-likeness (QED) is 0.668. The summed E-state index contributed by atoms with van der Waals surface area (Å²) in [4.78, 5) is 14.7. The zero-order valence-electron chi connectivity index (χ0n) is 10.5. The number of carbonyl (C=O) groups excluding carboxylic acids is 1. The third kappa shape index (κ3) is 3.11. The van der Waals surface area contributed by atoms with E-state index in [1.54, 1.807) is 18.2 Å². The number of benzene rings is 1. The minimum Gasteiger partial charge on any atom is -0.496 e. The monoisotopic (exact) mass is 256 g/mol. The highest BCUT2D eigenvalue weighted by Gasteiger charge is 2.28. The Morgan fingerprint density at radius 2 is 1.94 bits per heavy atom. The van der Waals surface area contributed by atoms with Gasteiger partial charge in [-0.1, -0.05) is 12.1 Å². The number of ether oxygens (including phenoxy) is 1. The Balaban J connectivity index is 3.11. The first-order chi connectivity index (χ1) is 7.91. The Labute approximate surface area is 107 Å². The number of nitrogens with one attached hydrogen (secondary N) is 1. The van der Waals surface area contributed by atoms with E-state index in [1.807, 2.05) is 26.8 Å². The fourth-order valence-corrected chi connectivity index (χ4v) is 1.74. The summed E-state index contributed by atoms with van der Waals surface area (Å²) in [6.07, 6.45) is 0. The molecule has 0 unspecified atom stereocenters. The van der Waals surface area contributed by atoms with E-state index in [-0.39, 0.29) is 5.91 Å². The second kappa shape index (κ2) is 5.38. The van der Waals surface area contributed by atoms with Gasteiger partial charge in [0.1, 0.15) is 5.75 Å². The van der Waals surface area contributed by atoms with Crippen molar-refractivity contribution in [3.63, 3.8) is 0 Å². The predicted molar refractivity (Wildman–Crippen MR) is 67.9 cm³/mol. The summed E-state index contributed by atoms with van der Waals surface area (Å²) in [5, 5.41) is 1.35. The molecule has 1 rings (SSSR count). The van der Waals surface area contributed by atoms with E-state index in [4.69, 9.17) is 16.5 Å². The van der Waals surface area contributed by atoms with Crippen LogP contribution in [0.1, 0.15) is 31.1 Å². The van der Waals surface area contributed by atoms with Gasteiger partial charge in [0.2, 0.25) is 0 Å². The van der Waals surface area contributed by atoms with Crippen LogP contribution in [-0.4, -0.2) is 23.6 Å². The maximum atomic E-state index is 12.3. The smallest absolute Gasteiger partial charge is 0.273 e. The number of carbonyl (C=O) groups is 1. The van der Waals surface area contributed by atoms with E-state index >= 15 is 0 Å². The highest BCUT2D eigenvalue weighted by atomic mass is 35.5. The van der Waals surface area contributed by atoms with Crippen molar-refractivity contribution in [2.24, 2.45) is 0 Å². The molecule has 94 valence electrons. The lowest BCUT2D eigenvalue weighted by Crippen LogP contribution is -2.50. The molecule has 0 radical (unpaired) electrons. The first kappa shape index (κ1) is 13.8. The molecule has 0 aliphatic heterocycles. The Bertz CT molecular complexity index is 402. The number of rotatable bonds is 3. The fourth-order valence-electron chi connectivity index (χ4n) is 1.41. The molecule has 0 aromatic heterocycles. The molecule has 0 atom stereocenters. The first-order valence-electron chi connectivity index (χ1n) is 5.25. The van der Waals surface area contributed by atoms with Crippen molar-refractivity contribution >= 4 is 17.7 Å². The Morgan fingerprint density at radius 1 is 1.35 bits per heavy atom. The van der Waals surface area contributed by atoms with Crippen molar-refractivity contribution in [3.8, 4) is 5.75 Å². The molecule has 0 heterocycles. The van der Waals surface area contributed by atoms with Crippen molar-refractivity contribution in [2.75, 3.05) is 7.11 Å². The number of nitrogens with zero attached hydrogens (tertiary/aromatic N) is 1. The maximum Gasteiger partial charge on any atom is 0.273 e. The predicted octanol–water partition coefficient (Wildman–Crippen LogP) is 2.59. The van der Waals surface area contributed by atoms with Crippen LogP contribution < -0.4 is 9.68 Å².